The molecular formula is C14H25N3O4. The van der Waals surface area contributed by atoms with E-state index in [0.717, 1.165) is 19.3 Å². The van der Waals surface area contributed by atoms with Gasteiger partial charge in [0.2, 0.25) is 5.91 Å². The molecule has 0 aromatic carbocycles. The maximum absolute atomic E-state index is 11.9. The molecule has 1 aliphatic carbocycles. The summed E-state index contributed by atoms with van der Waals surface area (Å²) < 4.78 is 0. The zero-order chi connectivity index (χ0) is 15.9. The highest BCUT2D eigenvalue weighted by molar-refractivity contribution is 5.84. The second-order valence-corrected chi connectivity index (χ2v) is 5.94. The van der Waals surface area contributed by atoms with E-state index in [4.69, 9.17) is 5.11 Å². The minimum atomic E-state index is -0.922. The lowest BCUT2D eigenvalue weighted by atomic mass is 9.79. The summed E-state index contributed by atoms with van der Waals surface area (Å²) in [7, 11) is 0. The summed E-state index contributed by atoms with van der Waals surface area (Å²) in [5, 5.41) is 16.9. The smallest absolute Gasteiger partial charge is 0.315 e. The Morgan fingerprint density at radius 1 is 1.14 bits per heavy atom. The van der Waals surface area contributed by atoms with Crippen LogP contribution in [0.15, 0.2) is 0 Å². The number of aliphatic carboxylic acids is 1. The number of urea groups is 1. The lowest BCUT2D eigenvalue weighted by Gasteiger charge is -2.36. The third-order valence-corrected chi connectivity index (χ3v) is 3.54. The van der Waals surface area contributed by atoms with Crippen LogP contribution in [0.3, 0.4) is 0 Å². The first-order valence-corrected chi connectivity index (χ1v) is 7.40. The van der Waals surface area contributed by atoms with Gasteiger partial charge >= 0.3 is 12.0 Å². The van der Waals surface area contributed by atoms with Crippen LogP contribution in [-0.4, -0.2) is 41.1 Å². The molecule has 1 aliphatic rings. The van der Waals surface area contributed by atoms with Crippen LogP contribution < -0.4 is 16.0 Å². The summed E-state index contributed by atoms with van der Waals surface area (Å²) in [6.45, 7) is 3.55. The average molecular weight is 299 g/mol. The number of carbonyl (C=O) groups excluding carboxylic acids is 2. The zero-order valence-corrected chi connectivity index (χ0v) is 12.7. The molecule has 0 spiro atoms. The zero-order valence-electron chi connectivity index (χ0n) is 12.7. The Kier molecular flexibility index (Phi) is 6.45. The average Bonchev–Trinajstić information content (AvgIpc) is 2.35. The molecule has 3 amide bonds. The third kappa shape index (κ3) is 6.46. The van der Waals surface area contributed by atoms with Crippen molar-refractivity contribution in [2.75, 3.05) is 6.54 Å². The minimum absolute atomic E-state index is 0.0130. The van der Waals surface area contributed by atoms with Gasteiger partial charge in [-0.25, -0.2) is 4.79 Å². The third-order valence-electron chi connectivity index (χ3n) is 3.54. The van der Waals surface area contributed by atoms with E-state index in [1.807, 2.05) is 13.8 Å². The molecule has 1 fully saturated rings. The van der Waals surface area contributed by atoms with Gasteiger partial charge in [-0.3, -0.25) is 9.59 Å². The van der Waals surface area contributed by atoms with Gasteiger partial charge < -0.3 is 21.1 Å². The minimum Gasteiger partial charge on any atom is -0.481 e. The summed E-state index contributed by atoms with van der Waals surface area (Å²) in [5.41, 5.74) is -0.692. The molecule has 0 aromatic heterocycles. The normalized spacial score (nSPS) is 17.1. The molecule has 7 heteroatoms. The molecule has 0 heterocycles. The monoisotopic (exact) mass is 299 g/mol. The molecule has 1 saturated carbocycles. The summed E-state index contributed by atoms with van der Waals surface area (Å²) in [5.74, 6) is -1.19. The molecule has 0 radical (unpaired) electrons. The highest BCUT2D eigenvalue weighted by Gasteiger charge is 2.35. The van der Waals surface area contributed by atoms with E-state index in [0.29, 0.717) is 12.8 Å². The van der Waals surface area contributed by atoms with E-state index < -0.39 is 17.5 Å². The lowest BCUT2D eigenvalue weighted by Crippen LogP contribution is -2.55. The Labute approximate surface area is 124 Å². The Hall–Kier alpha value is -1.79. The number of carboxylic acids is 1. The predicted molar refractivity (Wildman–Crippen MR) is 77.9 cm³/mol. The summed E-state index contributed by atoms with van der Waals surface area (Å²) in [4.78, 5) is 34.4. The van der Waals surface area contributed by atoms with Gasteiger partial charge in [0.1, 0.15) is 0 Å². The van der Waals surface area contributed by atoms with E-state index >= 15 is 0 Å². The van der Waals surface area contributed by atoms with Gasteiger partial charge in [0.05, 0.1) is 18.5 Å². The maximum Gasteiger partial charge on any atom is 0.315 e. The van der Waals surface area contributed by atoms with E-state index in [1.54, 1.807) is 0 Å². The molecule has 0 aromatic rings. The molecule has 7 nitrogen and oxygen atoms in total. The first-order valence-electron chi connectivity index (χ1n) is 7.40. The number of hydrogen-bond acceptors (Lipinski definition) is 3. The van der Waals surface area contributed by atoms with Crippen molar-refractivity contribution in [2.45, 2.75) is 64.0 Å². The van der Waals surface area contributed by atoms with Crippen molar-refractivity contribution >= 4 is 17.9 Å². The molecule has 0 unspecified atom stereocenters. The lowest BCUT2D eigenvalue weighted by molar-refractivity contribution is -0.139. The first kappa shape index (κ1) is 17.3. The number of rotatable bonds is 6. The summed E-state index contributed by atoms with van der Waals surface area (Å²) in [6, 6.07) is -0.476. The topological polar surface area (TPSA) is 108 Å². The van der Waals surface area contributed by atoms with Crippen molar-refractivity contribution in [1.29, 1.82) is 0 Å². The van der Waals surface area contributed by atoms with Crippen molar-refractivity contribution in [3.63, 3.8) is 0 Å². The fourth-order valence-electron chi connectivity index (χ4n) is 2.68. The molecule has 1 rings (SSSR count). The number of carbonyl (C=O) groups is 3. The van der Waals surface area contributed by atoms with Crippen LogP contribution in [0.25, 0.3) is 0 Å². The standard InChI is InChI=1S/C14H25N3O4/c1-10(2)16-11(18)9-15-13(21)17-14(8-12(19)20)6-4-3-5-7-14/h10H,3-9H2,1-2H3,(H,16,18)(H,19,20)(H2,15,17,21). The Morgan fingerprint density at radius 3 is 2.29 bits per heavy atom. The van der Waals surface area contributed by atoms with Crippen LogP contribution in [0.2, 0.25) is 0 Å². The van der Waals surface area contributed by atoms with Crippen LogP contribution in [0.1, 0.15) is 52.4 Å². The molecular weight excluding hydrogens is 274 g/mol. The number of nitrogens with one attached hydrogen (secondary N) is 3. The quantitative estimate of drug-likeness (QED) is 0.586. The largest absolute Gasteiger partial charge is 0.481 e. The predicted octanol–water partition coefficient (Wildman–Crippen LogP) is 0.988. The first-order chi connectivity index (χ1) is 9.83. The summed E-state index contributed by atoms with van der Waals surface area (Å²) >= 11 is 0. The second-order valence-electron chi connectivity index (χ2n) is 5.94. The van der Waals surface area contributed by atoms with Crippen molar-refractivity contribution in [3.8, 4) is 0 Å². The van der Waals surface area contributed by atoms with Gasteiger partial charge in [-0.05, 0) is 26.7 Å². The van der Waals surface area contributed by atoms with Gasteiger partial charge in [0.25, 0.3) is 0 Å². The van der Waals surface area contributed by atoms with E-state index in [-0.39, 0.29) is 24.9 Å². The van der Waals surface area contributed by atoms with Gasteiger partial charge in [-0.15, -0.1) is 0 Å². The number of amides is 3. The van der Waals surface area contributed by atoms with Gasteiger partial charge in [0, 0.05) is 6.04 Å². The van der Waals surface area contributed by atoms with Crippen molar-refractivity contribution < 1.29 is 19.5 Å². The molecule has 0 atom stereocenters. The van der Waals surface area contributed by atoms with Crippen LogP contribution in [0, 0.1) is 0 Å². The van der Waals surface area contributed by atoms with Crippen molar-refractivity contribution in [1.82, 2.24) is 16.0 Å². The highest BCUT2D eigenvalue weighted by atomic mass is 16.4. The van der Waals surface area contributed by atoms with Crippen molar-refractivity contribution in [2.24, 2.45) is 0 Å². The molecule has 4 N–H and O–H groups in total. The number of carboxylic acid groups (broad SMARTS) is 1. The van der Waals surface area contributed by atoms with Gasteiger partial charge in [0.15, 0.2) is 0 Å². The Bertz CT molecular complexity index is 390. The van der Waals surface area contributed by atoms with Gasteiger partial charge in [-0.1, -0.05) is 19.3 Å². The Morgan fingerprint density at radius 2 is 1.76 bits per heavy atom. The highest BCUT2D eigenvalue weighted by Crippen LogP contribution is 2.31. The molecule has 0 bridgehead atoms. The molecule has 0 aliphatic heterocycles. The van der Waals surface area contributed by atoms with Gasteiger partial charge in [-0.2, -0.15) is 0 Å². The maximum atomic E-state index is 11.9. The van der Waals surface area contributed by atoms with E-state index in [2.05, 4.69) is 16.0 Å². The summed E-state index contributed by atoms with van der Waals surface area (Å²) in [6.07, 6.45) is 4.10. The number of hydrogen-bond donors (Lipinski definition) is 4. The van der Waals surface area contributed by atoms with E-state index in [1.165, 1.54) is 0 Å². The Balaban J connectivity index is 2.48. The second kappa shape index (κ2) is 7.85. The fraction of sp³-hybridized carbons (Fsp3) is 0.786. The van der Waals surface area contributed by atoms with Crippen LogP contribution in [-0.2, 0) is 9.59 Å². The van der Waals surface area contributed by atoms with Crippen LogP contribution >= 0.6 is 0 Å². The van der Waals surface area contributed by atoms with Crippen LogP contribution in [0.5, 0.6) is 0 Å². The van der Waals surface area contributed by atoms with Crippen molar-refractivity contribution in [3.05, 3.63) is 0 Å². The SMILES string of the molecule is CC(C)NC(=O)CNC(=O)NC1(CC(=O)O)CCCCC1. The molecule has 0 saturated heterocycles. The fourth-order valence-corrected chi connectivity index (χ4v) is 2.68. The van der Waals surface area contributed by atoms with Crippen LogP contribution in [0.4, 0.5) is 4.79 Å². The molecule has 21 heavy (non-hydrogen) atoms. The molecule has 120 valence electrons. The van der Waals surface area contributed by atoms with E-state index in [9.17, 15) is 14.4 Å².